The molecule has 3 N–H and O–H groups in total. The summed E-state index contributed by atoms with van der Waals surface area (Å²) in [5, 5.41) is 3.22. The smallest absolute Gasteiger partial charge is 0.253 e. The third-order valence-electron chi connectivity index (χ3n) is 2.69. The molecule has 0 aliphatic rings. The Kier molecular flexibility index (Phi) is 4.02. The van der Waals surface area contributed by atoms with Crippen molar-refractivity contribution in [1.29, 1.82) is 0 Å². The molecule has 3 nitrogen and oxygen atoms in total. The zero-order valence-electron chi connectivity index (χ0n) is 9.99. The standard InChI is InChI=1S/C14H12ClFN2O/c15-11-6-2-1-4-9(11)8-18-14(19)10-5-3-7-12(16)13(10)17/h1-7H,8,17H2,(H,18,19). The van der Waals surface area contributed by atoms with Crippen molar-refractivity contribution >= 4 is 23.2 Å². The van der Waals surface area contributed by atoms with E-state index in [0.717, 1.165) is 5.56 Å². The number of nitrogens with two attached hydrogens (primary N) is 1. The van der Waals surface area contributed by atoms with E-state index in [1.165, 1.54) is 18.2 Å². The summed E-state index contributed by atoms with van der Waals surface area (Å²) in [6, 6.07) is 11.3. The molecule has 0 aromatic heterocycles. The molecule has 0 bridgehead atoms. The summed E-state index contributed by atoms with van der Waals surface area (Å²) in [7, 11) is 0. The first kappa shape index (κ1) is 13.4. The molecule has 98 valence electrons. The van der Waals surface area contributed by atoms with E-state index in [1.807, 2.05) is 6.07 Å². The van der Waals surface area contributed by atoms with Gasteiger partial charge in [-0.05, 0) is 23.8 Å². The van der Waals surface area contributed by atoms with E-state index >= 15 is 0 Å². The highest BCUT2D eigenvalue weighted by molar-refractivity contribution is 6.31. The second kappa shape index (κ2) is 5.71. The molecule has 0 fully saturated rings. The van der Waals surface area contributed by atoms with Crippen LogP contribution in [0.25, 0.3) is 0 Å². The van der Waals surface area contributed by atoms with Gasteiger partial charge in [0, 0.05) is 11.6 Å². The highest BCUT2D eigenvalue weighted by atomic mass is 35.5. The lowest BCUT2D eigenvalue weighted by atomic mass is 10.1. The lowest BCUT2D eigenvalue weighted by Crippen LogP contribution is -2.24. The number of carbonyl (C=O) groups is 1. The monoisotopic (exact) mass is 278 g/mol. The number of hydrogen-bond donors (Lipinski definition) is 2. The number of hydrogen-bond acceptors (Lipinski definition) is 2. The Balaban J connectivity index is 2.10. The van der Waals surface area contributed by atoms with Gasteiger partial charge in [0.2, 0.25) is 0 Å². The second-order valence-electron chi connectivity index (χ2n) is 3.98. The van der Waals surface area contributed by atoms with Gasteiger partial charge < -0.3 is 11.1 Å². The SMILES string of the molecule is Nc1c(F)cccc1C(=O)NCc1ccccc1Cl. The largest absolute Gasteiger partial charge is 0.396 e. The normalized spacial score (nSPS) is 10.2. The minimum absolute atomic E-state index is 0.118. The van der Waals surface area contributed by atoms with Crippen LogP contribution in [0.3, 0.4) is 0 Å². The van der Waals surface area contributed by atoms with Crippen LogP contribution in [0.4, 0.5) is 10.1 Å². The van der Waals surface area contributed by atoms with Gasteiger partial charge in [-0.15, -0.1) is 0 Å². The number of carbonyl (C=O) groups excluding carboxylic acids is 1. The van der Waals surface area contributed by atoms with Crippen LogP contribution < -0.4 is 11.1 Å². The summed E-state index contributed by atoms with van der Waals surface area (Å²) in [5.74, 6) is -1.04. The van der Waals surface area contributed by atoms with Crippen LogP contribution in [0, 0.1) is 5.82 Å². The lowest BCUT2D eigenvalue weighted by Gasteiger charge is -2.09. The minimum atomic E-state index is -0.606. The zero-order valence-corrected chi connectivity index (χ0v) is 10.7. The molecule has 0 saturated heterocycles. The lowest BCUT2D eigenvalue weighted by molar-refractivity contribution is 0.0951. The van der Waals surface area contributed by atoms with Gasteiger partial charge in [-0.3, -0.25) is 4.79 Å². The summed E-state index contributed by atoms with van der Waals surface area (Å²) in [6.07, 6.45) is 0. The van der Waals surface area contributed by atoms with Gasteiger partial charge in [-0.25, -0.2) is 4.39 Å². The van der Waals surface area contributed by atoms with Gasteiger partial charge in [0.15, 0.2) is 0 Å². The van der Waals surface area contributed by atoms with Crippen LogP contribution in [0.2, 0.25) is 5.02 Å². The third-order valence-corrected chi connectivity index (χ3v) is 3.06. The number of nitrogens with one attached hydrogen (secondary N) is 1. The average Bonchev–Trinajstić information content (AvgIpc) is 2.40. The molecule has 0 radical (unpaired) electrons. The van der Waals surface area contributed by atoms with E-state index in [0.29, 0.717) is 5.02 Å². The maximum Gasteiger partial charge on any atom is 0.253 e. The first-order valence-electron chi connectivity index (χ1n) is 5.65. The Hall–Kier alpha value is -2.07. The number of nitrogen functional groups attached to an aromatic ring is 1. The first-order chi connectivity index (χ1) is 9.09. The topological polar surface area (TPSA) is 55.1 Å². The molecular formula is C14H12ClFN2O. The van der Waals surface area contributed by atoms with Crippen molar-refractivity contribution in [1.82, 2.24) is 5.32 Å². The molecule has 0 unspecified atom stereocenters. The Bertz CT molecular complexity index is 616. The van der Waals surface area contributed by atoms with Crippen molar-refractivity contribution in [3.63, 3.8) is 0 Å². The van der Waals surface area contributed by atoms with Crippen molar-refractivity contribution in [2.45, 2.75) is 6.54 Å². The van der Waals surface area contributed by atoms with Gasteiger partial charge in [0.05, 0.1) is 11.3 Å². The van der Waals surface area contributed by atoms with Crippen LogP contribution in [-0.4, -0.2) is 5.91 Å². The van der Waals surface area contributed by atoms with Crippen molar-refractivity contribution in [3.8, 4) is 0 Å². The first-order valence-corrected chi connectivity index (χ1v) is 6.03. The molecule has 0 aliphatic carbocycles. The number of rotatable bonds is 3. The van der Waals surface area contributed by atoms with Crippen molar-refractivity contribution in [3.05, 3.63) is 64.4 Å². The molecule has 0 aliphatic heterocycles. The summed E-state index contributed by atoms with van der Waals surface area (Å²) in [6.45, 7) is 0.258. The predicted octanol–water partition coefficient (Wildman–Crippen LogP) is 2.99. The van der Waals surface area contributed by atoms with Crippen molar-refractivity contribution in [2.24, 2.45) is 0 Å². The minimum Gasteiger partial charge on any atom is -0.396 e. The van der Waals surface area contributed by atoms with E-state index in [-0.39, 0.29) is 17.8 Å². The van der Waals surface area contributed by atoms with E-state index in [2.05, 4.69) is 5.32 Å². The average molecular weight is 279 g/mol. The number of para-hydroxylation sites is 1. The Labute approximate surface area is 115 Å². The Morgan fingerprint density at radius 2 is 1.95 bits per heavy atom. The van der Waals surface area contributed by atoms with Crippen LogP contribution >= 0.6 is 11.6 Å². The van der Waals surface area contributed by atoms with Gasteiger partial charge in [0.25, 0.3) is 5.91 Å². The van der Waals surface area contributed by atoms with Gasteiger partial charge >= 0.3 is 0 Å². The predicted molar refractivity (Wildman–Crippen MR) is 73.4 cm³/mol. The molecule has 0 spiro atoms. The van der Waals surface area contributed by atoms with Crippen LogP contribution in [-0.2, 0) is 6.54 Å². The van der Waals surface area contributed by atoms with E-state index in [1.54, 1.807) is 18.2 Å². The number of benzene rings is 2. The summed E-state index contributed by atoms with van der Waals surface area (Å²) in [5.41, 5.74) is 6.27. The second-order valence-corrected chi connectivity index (χ2v) is 4.38. The number of anilines is 1. The fraction of sp³-hybridized carbons (Fsp3) is 0.0714. The molecule has 2 aromatic carbocycles. The molecule has 0 heterocycles. The van der Waals surface area contributed by atoms with Gasteiger partial charge in [0.1, 0.15) is 5.82 Å². The molecule has 0 saturated carbocycles. The summed E-state index contributed by atoms with van der Waals surface area (Å²) in [4.78, 5) is 11.9. The molecule has 2 aromatic rings. The maximum atomic E-state index is 13.2. The molecule has 2 rings (SSSR count). The van der Waals surface area contributed by atoms with Crippen molar-refractivity contribution in [2.75, 3.05) is 5.73 Å². The third kappa shape index (κ3) is 3.03. The molecule has 1 amide bonds. The Morgan fingerprint density at radius 1 is 1.21 bits per heavy atom. The van der Waals surface area contributed by atoms with Crippen LogP contribution in [0.15, 0.2) is 42.5 Å². The number of amides is 1. The molecule has 5 heteroatoms. The number of halogens is 2. The van der Waals surface area contributed by atoms with Gasteiger partial charge in [-0.1, -0.05) is 35.9 Å². The highest BCUT2D eigenvalue weighted by Crippen LogP contribution is 2.17. The fourth-order valence-electron chi connectivity index (χ4n) is 1.65. The fourth-order valence-corrected chi connectivity index (χ4v) is 1.85. The summed E-state index contributed by atoms with van der Waals surface area (Å²) >= 11 is 5.97. The van der Waals surface area contributed by atoms with E-state index in [4.69, 9.17) is 17.3 Å². The maximum absolute atomic E-state index is 13.2. The highest BCUT2D eigenvalue weighted by Gasteiger charge is 2.12. The molecule has 0 atom stereocenters. The van der Waals surface area contributed by atoms with E-state index < -0.39 is 11.7 Å². The van der Waals surface area contributed by atoms with Gasteiger partial charge in [-0.2, -0.15) is 0 Å². The van der Waals surface area contributed by atoms with Crippen LogP contribution in [0.1, 0.15) is 15.9 Å². The van der Waals surface area contributed by atoms with Crippen molar-refractivity contribution < 1.29 is 9.18 Å². The summed E-state index contributed by atoms with van der Waals surface area (Å²) < 4.78 is 13.2. The van der Waals surface area contributed by atoms with E-state index in [9.17, 15) is 9.18 Å². The van der Waals surface area contributed by atoms with Crippen LogP contribution in [0.5, 0.6) is 0 Å². The zero-order chi connectivity index (χ0) is 13.8. The molecule has 19 heavy (non-hydrogen) atoms. The Morgan fingerprint density at radius 3 is 2.68 bits per heavy atom. The quantitative estimate of drug-likeness (QED) is 0.848. The molecular weight excluding hydrogens is 267 g/mol.